The molecule has 0 atom stereocenters. The minimum absolute atomic E-state index is 0.238. The van der Waals surface area contributed by atoms with Gasteiger partial charge in [0.1, 0.15) is 0 Å². The van der Waals surface area contributed by atoms with E-state index in [1.165, 1.54) is 6.21 Å². The summed E-state index contributed by atoms with van der Waals surface area (Å²) in [7, 11) is 0. The molecule has 0 aliphatic carbocycles. The number of nitrogens with two attached hydrogens (primary N) is 1. The van der Waals surface area contributed by atoms with Crippen LogP contribution < -0.4 is 5.73 Å². The number of carbonyl (C=O) groups is 1. The van der Waals surface area contributed by atoms with Crippen LogP contribution in [-0.4, -0.2) is 12.1 Å². The number of hydrogen-bond donors (Lipinski definition) is 1. The molecule has 54 valence electrons. The van der Waals surface area contributed by atoms with Gasteiger partial charge in [0.15, 0.2) is 0 Å². The van der Waals surface area contributed by atoms with Crippen LogP contribution in [0.3, 0.4) is 0 Å². The van der Waals surface area contributed by atoms with Crippen LogP contribution in [0.1, 0.15) is 15.9 Å². The Morgan fingerprint density at radius 3 is 2.91 bits per heavy atom. The van der Waals surface area contributed by atoms with Gasteiger partial charge in [0.05, 0.1) is 5.56 Å². The molecule has 11 heavy (non-hydrogen) atoms. The summed E-state index contributed by atoms with van der Waals surface area (Å²) in [6, 6.07) is 5.32. The molecule has 0 aromatic heterocycles. The molecule has 1 amide bonds. The summed E-state index contributed by atoms with van der Waals surface area (Å²) in [6.45, 7) is 0. The minimum atomic E-state index is -0.238. The molecule has 0 radical (unpaired) electrons. The van der Waals surface area contributed by atoms with Crippen LogP contribution in [-0.2, 0) is 0 Å². The second kappa shape index (κ2) is 1.92. The molecule has 1 aromatic carbocycles. The lowest BCUT2D eigenvalue weighted by atomic mass is 10.1. The first-order chi connectivity index (χ1) is 5.29. The third kappa shape index (κ3) is 0.741. The Morgan fingerprint density at radius 1 is 1.36 bits per heavy atom. The molecule has 2 N–H and O–H groups in total. The fourth-order valence-corrected chi connectivity index (χ4v) is 1.14. The van der Waals surface area contributed by atoms with Crippen molar-refractivity contribution in [3.8, 4) is 0 Å². The van der Waals surface area contributed by atoms with Gasteiger partial charge in [-0.15, -0.1) is 0 Å². The Labute approximate surface area is 63.6 Å². The van der Waals surface area contributed by atoms with E-state index in [-0.39, 0.29) is 5.91 Å². The van der Waals surface area contributed by atoms with Crippen molar-refractivity contribution < 1.29 is 4.79 Å². The molecule has 3 heteroatoms. The van der Waals surface area contributed by atoms with Gasteiger partial charge in [-0.2, -0.15) is 0 Å². The van der Waals surface area contributed by atoms with Crippen molar-refractivity contribution in [1.82, 2.24) is 0 Å². The van der Waals surface area contributed by atoms with Crippen molar-refractivity contribution in [3.05, 3.63) is 29.3 Å². The second-order valence-electron chi connectivity index (χ2n) is 2.37. The first-order valence-electron chi connectivity index (χ1n) is 3.26. The molecule has 1 aromatic rings. The molecule has 0 saturated heterocycles. The molecular weight excluding hydrogens is 140 g/mol. The highest BCUT2D eigenvalue weighted by Gasteiger charge is 2.17. The summed E-state index contributed by atoms with van der Waals surface area (Å²) in [5, 5.41) is 0. The number of nitrogens with zero attached hydrogens (tertiary/aromatic N) is 1. The van der Waals surface area contributed by atoms with Crippen molar-refractivity contribution in [1.29, 1.82) is 0 Å². The highest BCUT2D eigenvalue weighted by molar-refractivity contribution is 6.15. The van der Waals surface area contributed by atoms with E-state index in [2.05, 4.69) is 4.99 Å². The van der Waals surface area contributed by atoms with Crippen molar-refractivity contribution in [2.24, 2.45) is 4.99 Å². The molecule has 0 unspecified atom stereocenters. The average Bonchev–Trinajstić information content (AvgIpc) is 2.34. The van der Waals surface area contributed by atoms with Gasteiger partial charge in [-0.1, -0.05) is 12.1 Å². The first-order valence-corrected chi connectivity index (χ1v) is 3.26. The number of benzene rings is 1. The highest BCUT2D eigenvalue weighted by atomic mass is 16.1. The van der Waals surface area contributed by atoms with Gasteiger partial charge in [0.2, 0.25) is 0 Å². The van der Waals surface area contributed by atoms with E-state index in [4.69, 9.17) is 5.73 Å². The fourth-order valence-electron chi connectivity index (χ4n) is 1.14. The first kappa shape index (κ1) is 6.09. The summed E-state index contributed by atoms with van der Waals surface area (Å²) in [4.78, 5) is 14.6. The molecule has 2 rings (SSSR count). The number of amides is 1. The highest BCUT2D eigenvalue weighted by Crippen LogP contribution is 2.20. The summed E-state index contributed by atoms with van der Waals surface area (Å²) < 4.78 is 0. The van der Waals surface area contributed by atoms with Crippen LogP contribution >= 0.6 is 0 Å². The minimum Gasteiger partial charge on any atom is -0.398 e. The van der Waals surface area contributed by atoms with E-state index in [1.807, 2.05) is 6.07 Å². The number of anilines is 1. The predicted octanol–water partition coefficient (Wildman–Crippen LogP) is 0.842. The van der Waals surface area contributed by atoms with E-state index < -0.39 is 0 Å². The van der Waals surface area contributed by atoms with E-state index in [1.54, 1.807) is 12.1 Å². The van der Waals surface area contributed by atoms with Gasteiger partial charge in [0, 0.05) is 17.5 Å². The molecule has 1 aliphatic rings. The number of rotatable bonds is 0. The molecular formula is C8H6N2O. The quantitative estimate of drug-likeness (QED) is 0.551. The summed E-state index contributed by atoms with van der Waals surface area (Å²) >= 11 is 0. The third-order valence-corrected chi connectivity index (χ3v) is 1.66. The SMILES string of the molecule is Nc1cccc2c1C(=O)N=C2. The van der Waals surface area contributed by atoms with E-state index >= 15 is 0 Å². The van der Waals surface area contributed by atoms with Crippen molar-refractivity contribution in [2.45, 2.75) is 0 Å². The standard InChI is InChI=1S/C8H6N2O/c9-6-3-1-2-5-4-10-8(11)7(5)6/h1-4H,9H2. The normalized spacial score (nSPS) is 13.6. The molecule has 0 bridgehead atoms. The lowest BCUT2D eigenvalue weighted by molar-refractivity contribution is 0.101. The number of nitrogen functional groups attached to an aromatic ring is 1. The maximum Gasteiger partial charge on any atom is 0.279 e. The molecule has 1 heterocycles. The monoisotopic (exact) mass is 146 g/mol. The second-order valence-corrected chi connectivity index (χ2v) is 2.37. The Kier molecular flexibility index (Phi) is 1.06. The van der Waals surface area contributed by atoms with E-state index in [0.29, 0.717) is 11.3 Å². The topological polar surface area (TPSA) is 55.5 Å². The van der Waals surface area contributed by atoms with Crippen LogP contribution in [0.15, 0.2) is 23.2 Å². The van der Waals surface area contributed by atoms with Gasteiger partial charge in [0.25, 0.3) is 5.91 Å². The predicted molar refractivity (Wildman–Crippen MR) is 42.8 cm³/mol. The van der Waals surface area contributed by atoms with Crippen LogP contribution in [0.5, 0.6) is 0 Å². The Morgan fingerprint density at radius 2 is 2.18 bits per heavy atom. The smallest absolute Gasteiger partial charge is 0.279 e. The zero-order chi connectivity index (χ0) is 7.84. The van der Waals surface area contributed by atoms with Crippen molar-refractivity contribution >= 4 is 17.8 Å². The summed E-state index contributed by atoms with van der Waals surface area (Å²) in [5.41, 5.74) is 7.42. The largest absolute Gasteiger partial charge is 0.398 e. The number of fused-ring (bicyclic) bond motifs is 1. The van der Waals surface area contributed by atoms with E-state index in [9.17, 15) is 4.79 Å². The lowest BCUT2D eigenvalue weighted by Crippen LogP contribution is -1.98. The molecule has 3 nitrogen and oxygen atoms in total. The van der Waals surface area contributed by atoms with Gasteiger partial charge in [-0.25, -0.2) is 4.99 Å². The fraction of sp³-hybridized carbons (Fsp3) is 0. The Balaban J connectivity index is 2.74. The van der Waals surface area contributed by atoms with Gasteiger partial charge >= 0.3 is 0 Å². The maximum atomic E-state index is 11.0. The van der Waals surface area contributed by atoms with Crippen LogP contribution in [0.4, 0.5) is 5.69 Å². The maximum absolute atomic E-state index is 11.0. The number of aliphatic imine (C=N–C) groups is 1. The zero-order valence-corrected chi connectivity index (χ0v) is 5.74. The number of hydrogen-bond acceptors (Lipinski definition) is 2. The van der Waals surface area contributed by atoms with Crippen molar-refractivity contribution in [2.75, 3.05) is 5.73 Å². The lowest BCUT2D eigenvalue weighted by Gasteiger charge is -1.97. The summed E-state index contributed by atoms with van der Waals surface area (Å²) in [6.07, 6.45) is 1.54. The molecule has 0 spiro atoms. The molecule has 0 fully saturated rings. The van der Waals surface area contributed by atoms with E-state index in [0.717, 1.165) is 5.56 Å². The van der Waals surface area contributed by atoms with Gasteiger partial charge < -0.3 is 5.73 Å². The van der Waals surface area contributed by atoms with Gasteiger partial charge in [-0.3, -0.25) is 4.79 Å². The van der Waals surface area contributed by atoms with Gasteiger partial charge in [-0.05, 0) is 6.07 Å². The van der Waals surface area contributed by atoms with Crippen molar-refractivity contribution in [3.63, 3.8) is 0 Å². The Hall–Kier alpha value is -1.64. The van der Waals surface area contributed by atoms with Crippen LogP contribution in [0.25, 0.3) is 0 Å². The third-order valence-electron chi connectivity index (χ3n) is 1.66. The van der Waals surface area contributed by atoms with Crippen LogP contribution in [0, 0.1) is 0 Å². The van der Waals surface area contributed by atoms with Crippen LogP contribution in [0.2, 0.25) is 0 Å². The summed E-state index contributed by atoms with van der Waals surface area (Å²) in [5.74, 6) is -0.238. The molecule has 0 saturated carbocycles. The Bertz CT molecular complexity index is 355. The molecule has 1 aliphatic heterocycles. The number of carbonyl (C=O) groups excluding carboxylic acids is 1. The average molecular weight is 146 g/mol. The zero-order valence-electron chi connectivity index (χ0n) is 5.74.